The van der Waals surface area contributed by atoms with Crippen LogP contribution in [0.1, 0.15) is 56.7 Å². The number of anilines is 1. The Kier molecular flexibility index (Phi) is 9.07. The topological polar surface area (TPSA) is 98.2 Å². The van der Waals surface area contributed by atoms with Crippen LogP contribution in [0.5, 0.6) is 17.2 Å². The largest absolute Gasteiger partial charge is 0.507 e. The number of methoxy groups -OCH3 is 1. The molecule has 8 nitrogen and oxygen atoms in total. The molecule has 9 heteroatoms. The van der Waals surface area contributed by atoms with Crippen molar-refractivity contribution >= 4 is 44.1 Å². The van der Waals surface area contributed by atoms with Gasteiger partial charge in [-0.2, -0.15) is 0 Å². The molecule has 1 aliphatic heterocycles. The molecule has 4 aromatic rings. The summed E-state index contributed by atoms with van der Waals surface area (Å²) in [6.45, 7) is 5.28. The first kappa shape index (κ1) is 29.1. The van der Waals surface area contributed by atoms with Gasteiger partial charge in [0, 0.05) is 5.56 Å². The normalized spacial score (nSPS) is 16.3. The highest BCUT2D eigenvalue weighted by Gasteiger charge is 2.48. The minimum atomic E-state index is -0.914. The number of aromatic nitrogens is 1. The molecule has 218 valence electrons. The van der Waals surface area contributed by atoms with Crippen LogP contribution in [0.25, 0.3) is 16.0 Å². The third-order valence-electron chi connectivity index (χ3n) is 7.03. The molecule has 0 saturated carbocycles. The van der Waals surface area contributed by atoms with Crippen molar-refractivity contribution in [2.24, 2.45) is 0 Å². The summed E-state index contributed by atoms with van der Waals surface area (Å²) in [6, 6.07) is 18.7. The van der Waals surface area contributed by atoms with E-state index in [2.05, 4.69) is 6.92 Å². The number of carbonyl (C=O) groups is 2. The van der Waals surface area contributed by atoms with Gasteiger partial charge in [0.25, 0.3) is 5.78 Å². The van der Waals surface area contributed by atoms with Gasteiger partial charge in [-0.15, -0.1) is 0 Å². The molecule has 2 heterocycles. The average Bonchev–Trinajstić information content (AvgIpc) is 3.55. The maximum absolute atomic E-state index is 13.7. The summed E-state index contributed by atoms with van der Waals surface area (Å²) in [5, 5.41) is 11.9. The summed E-state index contributed by atoms with van der Waals surface area (Å²) < 4.78 is 17.8. The number of hydrogen-bond donors (Lipinski definition) is 1. The molecule has 1 atom stereocenters. The lowest BCUT2D eigenvalue weighted by molar-refractivity contribution is -0.132. The Bertz CT molecular complexity index is 1610. The SMILES string of the molecule is CCCCCOc1cccc(C2/C(=C(\O)c3ccc(OCCC)cc3)C(=O)C(=O)N2c2nc3ccc(OC)cc3s2)c1. The number of unbranched alkanes of at least 4 members (excludes halogenated alkanes) is 2. The minimum absolute atomic E-state index is 0.0119. The number of nitrogens with zero attached hydrogens (tertiary/aromatic N) is 2. The molecule has 1 amide bonds. The molecule has 5 rings (SSSR count). The summed E-state index contributed by atoms with van der Waals surface area (Å²) in [7, 11) is 1.58. The Morgan fingerprint density at radius 3 is 2.40 bits per heavy atom. The van der Waals surface area contributed by atoms with Crippen LogP contribution in [0.4, 0.5) is 5.13 Å². The van der Waals surface area contributed by atoms with Crippen LogP contribution in [-0.2, 0) is 9.59 Å². The molecule has 0 aliphatic carbocycles. The summed E-state index contributed by atoms with van der Waals surface area (Å²) >= 11 is 1.28. The molecule has 42 heavy (non-hydrogen) atoms. The van der Waals surface area contributed by atoms with Crippen LogP contribution in [0.15, 0.2) is 72.3 Å². The standard InChI is InChI=1S/C33H34N2O6S/c1-4-6-7-18-41-25-10-8-9-22(19-25)29-28(30(36)21-11-13-23(14-12-21)40-17-5-2)31(37)32(38)35(29)33-34-26-16-15-24(39-3)20-27(26)42-33/h8-16,19-20,29,36H,4-7,17-18H2,1-3H3/b30-28+. The first-order valence-corrected chi connectivity index (χ1v) is 15.0. The Labute approximate surface area is 249 Å². The van der Waals surface area contributed by atoms with Crippen molar-refractivity contribution < 1.29 is 28.9 Å². The number of ether oxygens (including phenoxy) is 3. The van der Waals surface area contributed by atoms with Gasteiger partial charge in [0.1, 0.15) is 23.0 Å². The molecular formula is C33H34N2O6S. The van der Waals surface area contributed by atoms with Gasteiger partial charge in [-0.1, -0.05) is 50.2 Å². The lowest BCUT2D eigenvalue weighted by Crippen LogP contribution is -2.29. The number of benzene rings is 3. The molecule has 1 saturated heterocycles. The van der Waals surface area contributed by atoms with Crippen molar-refractivity contribution in [1.29, 1.82) is 0 Å². The number of amides is 1. The third kappa shape index (κ3) is 5.97. The van der Waals surface area contributed by atoms with E-state index in [-0.39, 0.29) is 11.3 Å². The Morgan fingerprint density at radius 1 is 0.905 bits per heavy atom. The van der Waals surface area contributed by atoms with Crippen molar-refractivity contribution in [3.05, 3.63) is 83.4 Å². The highest BCUT2D eigenvalue weighted by Crippen LogP contribution is 2.45. The highest BCUT2D eigenvalue weighted by atomic mass is 32.1. The molecule has 1 aliphatic rings. The van der Waals surface area contributed by atoms with Gasteiger partial charge in [-0.05, 0) is 73.0 Å². The minimum Gasteiger partial charge on any atom is -0.507 e. The summed E-state index contributed by atoms with van der Waals surface area (Å²) in [5.41, 5.74) is 1.70. The smallest absolute Gasteiger partial charge is 0.301 e. The van der Waals surface area contributed by atoms with Crippen molar-refractivity contribution in [2.45, 2.75) is 45.6 Å². The zero-order chi connectivity index (χ0) is 29.6. The quantitative estimate of drug-likeness (QED) is 0.0806. The van der Waals surface area contributed by atoms with Gasteiger partial charge in [-0.3, -0.25) is 14.5 Å². The van der Waals surface area contributed by atoms with E-state index in [1.807, 2.05) is 43.3 Å². The summed E-state index contributed by atoms with van der Waals surface area (Å²) in [6.07, 6.45) is 3.93. The number of fused-ring (bicyclic) bond motifs is 1. The maximum atomic E-state index is 13.7. The van der Waals surface area contributed by atoms with Crippen molar-refractivity contribution in [3.8, 4) is 17.2 Å². The molecule has 1 N–H and O–H groups in total. The van der Waals surface area contributed by atoms with Gasteiger partial charge in [0.2, 0.25) is 0 Å². The molecule has 1 fully saturated rings. The number of aliphatic hydroxyl groups is 1. The van der Waals surface area contributed by atoms with Gasteiger partial charge >= 0.3 is 5.91 Å². The van der Waals surface area contributed by atoms with E-state index in [1.54, 1.807) is 37.4 Å². The number of Topliss-reactive ketones (excluding diaryl/α,β-unsaturated/α-hetero) is 1. The molecule has 1 aromatic heterocycles. The second-order valence-corrected chi connectivity index (χ2v) is 11.0. The first-order valence-electron chi connectivity index (χ1n) is 14.2. The van der Waals surface area contributed by atoms with Crippen LogP contribution in [0.3, 0.4) is 0 Å². The molecule has 0 bridgehead atoms. The number of ketones is 1. The predicted octanol–water partition coefficient (Wildman–Crippen LogP) is 7.29. The lowest BCUT2D eigenvalue weighted by atomic mass is 9.95. The van der Waals surface area contributed by atoms with Gasteiger partial charge in [0.15, 0.2) is 5.13 Å². The average molecular weight is 587 g/mol. The van der Waals surface area contributed by atoms with Gasteiger partial charge in [0.05, 0.1) is 42.2 Å². The molecule has 3 aromatic carbocycles. The molecular weight excluding hydrogens is 552 g/mol. The lowest BCUT2D eigenvalue weighted by Gasteiger charge is -2.23. The zero-order valence-electron chi connectivity index (χ0n) is 24.0. The molecule has 1 unspecified atom stereocenters. The number of thiazole rings is 1. The van der Waals surface area contributed by atoms with E-state index in [9.17, 15) is 14.7 Å². The van der Waals surface area contributed by atoms with Gasteiger partial charge < -0.3 is 19.3 Å². The highest BCUT2D eigenvalue weighted by molar-refractivity contribution is 7.22. The fourth-order valence-corrected chi connectivity index (χ4v) is 5.89. The number of aliphatic hydroxyl groups excluding tert-OH is 1. The number of rotatable bonds is 12. The number of hydrogen-bond acceptors (Lipinski definition) is 8. The van der Waals surface area contributed by atoms with E-state index in [0.29, 0.717) is 52.2 Å². The van der Waals surface area contributed by atoms with Crippen LogP contribution < -0.4 is 19.1 Å². The first-order chi connectivity index (χ1) is 20.4. The van der Waals surface area contributed by atoms with E-state index in [4.69, 9.17) is 19.2 Å². The van der Waals surface area contributed by atoms with E-state index >= 15 is 0 Å². The van der Waals surface area contributed by atoms with E-state index in [0.717, 1.165) is 30.4 Å². The summed E-state index contributed by atoms with van der Waals surface area (Å²) in [4.78, 5) is 33.4. The van der Waals surface area contributed by atoms with E-state index in [1.165, 1.54) is 16.2 Å². The summed E-state index contributed by atoms with van der Waals surface area (Å²) in [5.74, 6) is 0.138. The van der Waals surface area contributed by atoms with Crippen molar-refractivity contribution in [1.82, 2.24) is 4.98 Å². The van der Waals surface area contributed by atoms with Crippen molar-refractivity contribution in [3.63, 3.8) is 0 Å². The van der Waals surface area contributed by atoms with Crippen LogP contribution in [0, 0.1) is 0 Å². The van der Waals surface area contributed by atoms with E-state index < -0.39 is 17.7 Å². The molecule has 0 spiro atoms. The number of carbonyl (C=O) groups excluding carboxylic acids is 2. The zero-order valence-corrected chi connectivity index (χ0v) is 24.8. The third-order valence-corrected chi connectivity index (χ3v) is 8.04. The maximum Gasteiger partial charge on any atom is 0.301 e. The molecule has 0 radical (unpaired) electrons. The van der Waals surface area contributed by atoms with Crippen molar-refractivity contribution in [2.75, 3.05) is 25.2 Å². The second-order valence-electron chi connectivity index (χ2n) is 10.0. The van der Waals surface area contributed by atoms with Crippen LogP contribution in [0.2, 0.25) is 0 Å². The van der Waals surface area contributed by atoms with Gasteiger partial charge in [-0.25, -0.2) is 4.98 Å². The Morgan fingerprint density at radius 2 is 1.67 bits per heavy atom. The Balaban J connectivity index is 1.60. The van der Waals surface area contributed by atoms with Crippen LogP contribution in [-0.4, -0.2) is 42.1 Å². The van der Waals surface area contributed by atoms with Crippen LogP contribution >= 0.6 is 11.3 Å². The fourth-order valence-electron chi connectivity index (χ4n) is 4.87. The fraction of sp³-hybridized carbons (Fsp3) is 0.303. The second kappa shape index (κ2) is 13.1. The Hall–Kier alpha value is -4.37. The monoisotopic (exact) mass is 586 g/mol. The predicted molar refractivity (Wildman–Crippen MR) is 165 cm³/mol.